The van der Waals surface area contributed by atoms with Crippen molar-refractivity contribution in [3.8, 4) is 0 Å². The van der Waals surface area contributed by atoms with Crippen molar-refractivity contribution in [3.05, 3.63) is 0 Å². The van der Waals surface area contributed by atoms with E-state index in [-0.39, 0.29) is 12.6 Å². The summed E-state index contributed by atoms with van der Waals surface area (Å²) in [5.41, 5.74) is -0.404. The van der Waals surface area contributed by atoms with E-state index >= 15 is 0 Å². The largest absolute Gasteiger partial charge is 0.483 e. The third kappa shape index (κ3) is 7.70. The SMILES string of the molecule is CCC1CC(NC(=O)OC(C)(C)C)CC1C.O=CO. The molecule has 0 spiro atoms. The molecule has 112 valence electrons. The van der Waals surface area contributed by atoms with Gasteiger partial charge >= 0.3 is 6.09 Å². The summed E-state index contributed by atoms with van der Waals surface area (Å²) in [6.45, 7) is 9.90. The monoisotopic (exact) mass is 273 g/mol. The second-order valence-corrected chi connectivity index (χ2v) is 6.07. The molecular weight excluding hydrogens is 246 g/mol. The molecule has 0 radical (unpaired) electrons. The van der Waals surface area contributed by atoms with E-state index in [9.17, 15) is 4.79 Å². The number of ether oxygens (including phenoxy) is 1. The number of hydrogen-bond donors (Lipinski definition) is 2. The van der Waals surface area contributed by atoms with Gasteiger partial charge in [0.25, 0.3) is 6.47 Å². The summed E-state index contributed by atoms with van der Waals surface area (Å²) in [6.07, 6.45) is 3.10. The maximum atomic E-state index is 11.6. The predicted octanol–water partition coefficient (Wildman–Crippen LogP) is 3.04. The molecule has 1 rings (SSSR count). The van der Waals surface area contributed by atoms with E-state index in [2.05, 4.69) is 19.2 Å². The minimum Gasteiger partial charge on any atom is -0.483 e. The van der Waals surface area contributed by atoms with E-state index in [1.165, 1.54) is 6.42 Å². The van der Waals surface area contributed by atoms with Crippen LogP contribution in [0.25, 0.3) is 0 Å². The first kappa shape index (κ1) is 17.7. The number of alkyl carbamates (subject to hydrolysis) is 1. The molecule has 0 aromatic carbocycles. The number of carboxylic acid groups (broad SMARTS) is 1. The van der Waals surface area contributed by atoms with Gasteiger partial charge in [-0.3, -0.25) is 4.79 Å². The molecule has 1 saturated carbocycles. The molecule has 3 unspecified atom stereocenters. The van der Waals surface area contributed by atoms with Crippen LogP contribution in [0.4, 0.5) is 4.79 Å². The van der Waals surface area contributed by atoms with Gasteiger partial charge in [-0.1, -0.05) is 20.3 Å². The van der Waals surface area contributed by atoms with Gasteiger partial charge in [0.2, 0.25) is 0 Å². The number of carbonyl (C=O) groups is 2. The summed E-state index contributed by atoms with van der Waals surface area (Å²) in [5, 5.41) is 9.86. The van der Waals surface area contributed by atoms with E-state index in [0.29, 0.717) is 12.0 Å². The van der Waals surface area contributed by atoms with Gasteiger partial charge in [-0.2, -0.15) is 0 Å². The van der Waals surface area contributed by atoms with E-state index < -0.39 is 5.60 Å². The van der Waals surface area contributed by atoms with Gasteiger partial charge in [-0.05, 0) is 45.4 Å². The van der Waals surface area contributed by atoms with Crippen molar-refractivity contribution in [2.75, 3.05) is 0 Å². The summed E-state index contributed by atoms with van der Waals surface area (Å²) in [4.78, 5) is 19.9. The Labute approximate surface area is 115 Å². The number of hydrogen-bond acceptors (Lipinski definition) is 3. The van der Waals surface area contributed by atoms with E-state index in [1.54, 1.807) is 0 Å². The number of carbonyl (C=O) groups excluding carboxylic acids is 1. The van der Waals surface area contributed by atoms with Crippen molar-refractivity contribution >= 4 is 12.6 Å². The Hall–Kier alpha value is -1.26. The zero-order valence-corrected chi connectivity index (χ0v) is 12.6. The van der Waals surface area contributed by atoms with Crippen LogP contribution in [0.15, 0.2) is 0 Å². The Morgan fingerprint density at radius 2 is 1.95 bits per heavy atom. The first-order valence-corrected chi connectivity index (χ1v) is 6.80. The van der Waals surface area contributed by atoms with Gasteiger partial charge in [0.15, 0.2) is 0 Å². The Morgan fingerprint density at radius 3 is 2.32 bits per heavy atom. The Morgan fingerprint density at radius 1 is 1.42 bits per heavy atom. The van der Waals surface area contributed by atoms with Crippen molar-refractivity contribution < 1.29 is 19.4 Å². The summed E-state index contributed by atoms with van der Waals surface area (Å²) in [5.74, 6) is 1.46. The number of amides is 1. The lowest BCUT2D eigenvalue weighted by Crippen LogP contribution is -2.38. The fourth-order valence-corrected chi connectivity index (χ4v) is 2.50. The highest BCUT2D eigenvalue weighted by Crippen LogP contribution is 2.33. The fourth-order valence-electron chi connectivity index (χ4n) is 2.50. The lowest BCUT2D eigenvalue weighted by atomic mass is 9.96. The molecule has 0 saturated heterocycles. The molecule has 1 fully saturated rings. The highest BCUT2D eigenvalue weighted by molar-refractivity contribution is 5.68. The first-order chi connectivity index (χ1) is 8.73. The zero-order chi connectivity index (χ0) is 15.1. The standard InChI is InChI=1S/C13H25NO2.CH2O2/c1-6-10-8-11(7-9(10)2)14-12(15)16-13(3,4)5;2-1-3/h9-11H,6-8H2,1-5H3,(H,14,15);1H,(H,2,3). The van der Waals surface area contributed by atoms with Gasteiger partial charge in [-0.25, -0.2) is 4.79 Å². The van der Waals surface area contributed by atoms with Crippen molar-refractivity contribution in [1.82, 2.24) is 5.32 Å². The highest BCUT2D eigenvalue weighted by atomic mass is 16.6. The minimum absolute atomic E-state index is 0.250. The number of rotatable bonds is 2. The first-order valence-electron chi connectivity index (χ1n) is 6.80. The quantitative estimate of drug-likeness (QED) is 0.758. The van der Waals surface area contributed by atoms with Crippen LogP contribution in [0.1, 0.15) is 53.9 Å². The maximum absolute atomic E-state index is 11.6. The average Bonchev–Trinajstić information content (AvgIpc) is 2.56. The topological polar surface area (TPSA) is 75.6 Å². The second kappa shape index (κ2) is 8.02. The van der Waals surface area contributed by atoms with Crippen LogP contribution in [0, 0.1) is 11.8 Å². The van der Waals surface area contributed by atoms with Gasteiger partial charge in [0, 0.05) is 6.04 Å². The van der Waals surface area contributed by atoms with Crippen LogP contribution in [0.5, 0.6) is 0 Å². The van der Waals surface area contributed by atoms with Crippen molar-refractivity contribution in [1.29, 1.82) is 0 Å². The van der Waals surface area contributed by atoms with E-state index in [0.717, 1.165) is 18.8 Å². The molecule has 0 aromatic rings. The summed E-state index contributed by atoms with van der Waals surface area (Å²) in [6, 6.07) is 0.301. The van der Waals surface area contributed by atoms with Crippen LogP contribution in [0.3, 0.4) is 0 Å². The van der Waals surface area contributed by atoms with Gasteiger partial charge < -0.3 is 15.2 Å². The molecule has 5 heteroatoms. The van der Waals surface area contributed by atoms with Gasteiger partial charge in [0.05, 0.1) is 0 Å². The summed E-state index contributed by atoms with van der Waals surface area (Å²) >= 11 is 0. The van der Waals surface area contributed by atoms with Crippen molar-refractivity contribution in [2.45, 2.75) is 65.5 Å². The van der Waals surface area contributed by atoms with Crippen LogP contribution in [-0.4, -0.2) is 29.3 Å². The predicted molar refractivity (Wildman–Crippen MR) is 74.0 cm³/mol. The van der Waals surface area contributed by atoms with Gasteiger partial charge in [-0.15, -0.1) is 0 Å². The zero-order valence-electron chi connectivity index (χ0n) is 12.6. The molecule has 5 nitrogen and oxygen atoms in total. The lowest BCUT2D eigenvalue weighted by Gasteiger charge is -2.21. The molecule has 19 heavy (non-hydrogen) atoms. The Kier molecular flexibility index (Phi) is 7.49. The molecule has 0 bridgehead atoms. The molecule has 2 N–H and O–H groups in total. The molecule has 0 heterocycles. The molecule has 0 aliphatic heterocycles. The molecule has 3 atom stereocenters. The third-order valence-corrected chi connectivity index (χ3v) is 3.29. The van der Waals surface area contributed by atoms with Crippen LogP contribution < -0.4 is 5.32 Å². The average molecular weight is 273 g/mol. The molecule has 0 aromatic heterocycles. The Balaban J connectivity index is 0.000000982. The van der Waals surface area contributed by atoms with E-state index in [4.69, 9.17) is 14.6 Å². The molecule has 1 aliphatic rings. The normalized spacial score (nSPS) is 26.1. The number of nitrogens with one attached hydrogen (secondary N) is 1. The lowest BCUT2D eigenvalue weighted by molar-refractivity contribution is -0.122. The van der Waals surface area contributed by atoms with Crippen LogP contribution in [-0.2, 0) is 9.53 Å². The summed E-state index contributed by atoms with van der Waals surface area (Å²) in [7, 11) is 0. The minimum atomic E-state index is -0.404. The van der Waals surface area contributed by atoms with E-state index in [1.807, 2.05) is 20.8 Å². The third-order valence-electron chi connectivity index (χ3n) is 3.29. The highest BCUT2D eigenvalue weighted by Gasteiger charge is 2.31. The fraction of sp³-hybridized carbons (Fsp3) is 0.857. The van der Waals surface area contributed by atoms with Crippen molar-refractivity contribution in [2.24, 2.45) is 11.8 Å². The maximum Gasteiger partial charge on any atom is 0.407 e. The summed E-state index contributed by atoms with van der Waals surface area (Å²) < 4.78 is 5.25. The van der Waals surface area contributed by atoms with Crippen LogP contribution in [0.2, 0.25) is 0 Å². The second-order valence-electron chi connectivity index (χ2n) is 6.07. The Bertz CT molecular complexity index is 286. The smallest absolute Gasteiger partial charge is 0.407 e. The van der Waals surface area contributed by atoms with Crippen LogP contribution >= 0.6 is 0 Å². The molecule has 1 aliphatic carbocycles. The van der Waals surface area contributed by atoms with Crippen molar-refractivity contribution in [3.63, 3.8) is 0 Å². The molecule has 1 amide bonds. The molecular formula is C14H27NO4. The van der Waals surface area contributed by atoms with Gasteiger partial charge in [0.1, 0.15) is 5.60 Å².